The minimum Gasteiger partial charge on any atom is -0.496 e. The number of methoxy groups -OCH3 is 1. The summed E-state index contributed by atoms with van der Waals surface area (Å²) in [4.78, 5) is 14.6. The van der Waals surface area contributed by atoms with Crippen molar-refractivity contribution in [2.45, 2.75) is 59.0 Å². The highest BCUT2D eigenvalue weighted by Crippen LogP contribution is 2.24. The Balaban J connectivity index is 0.00000578. The average molecular weight is 492 g/mol. The Kier molecular flexibility index (Phi) is 12.9. The number of carbonyl (C=O) groups excluding carboxylic acids is 1. The van der Waals surface area contributed by atoms with Crippen LogP contribution >= 0.6 is 12.4 Å². The van der Waals surface area contributed by atoms with Gasteiger partial charge in [-0.2, -0.15) is 5.10 Å². The van der Waals surface area contributed by atoms with E-state index >= 15 is 0 Å². The molecule has 188 valence electrons. The maximum atomic E-state index is 12.7. The number of rotatable bonds is 13. The Morgan fingerprint density at radius 3 is 2.03 bits per heavy atom. The zero-order chi connectivity index (χ0) is 24.2. The molecular weight excluding hydrogens is 454 g/mol. The highest BCUT2D eigenvalue weighted by atomic mass is 35.5. The summed E-state index contributed by atoms with van der Waals surface area (Å²) in [6.07, 6.45) is 4.38. The molecule has 0 spiro atoms. The average Bonchev–Trinajstić information content (AvgIpc) is 2.79. The van der Waals surface area contributed by atoms with Gasteiger partial charge in [0.2, 0.25) is 0 Å². The second-order valence-electron chi connectivity index (χ2n) is 8.36. The normalized spacial score (nSPS) is 10.9. The van der Waals surface area contributed by atoms with Crippen molar-refractivity contribution in [3.8, 4) is 17.2 Å². The highest BCUT2D eigenvalue weighted by molar-refractivity contribution is 5.94. The minimum atomic E-state index is 0. The number of nitrogens with zero attached hydrogens (tertiary/aromatic N) is 2. The first-order valence-corrected chi connectivity index (χ1v) is 11.5. The number of ether oxygens (including phenoxy) is 3. The largest absolute Gasteiger partial charge is 0.496 e. The molecule has 0 bridgehead atoms. The standard InChI is InChI=1S/C26H37N3O4.ClH/c1-19(2)29(20(3)4)26(30)21-9-12-23(13-10-21)32-15-7-6-8-16-33-24-14-11-22(18-28-27)25(17-24)31-5;/h9-14,17-20H,6-8,15-16,27H2,1-5H3;1H. The van der Waals surface area contributed by atoms with Crippen molar-refractivity contribution in [1.29, 1.82) is 0 Å². The monoisotopic (exact) mass is 491 g/mol. The van der Waals surface area contributed by atoms with Crippen LogP contribution in [0.5, 0.6) is 17.2 Å². The van der Waals surface area contributed by atoms with Crippen LogP contribution in [-0.2, 0) is 0 Å². The molecule has 0 saturated heterocycles. The lowest BCUT2D eigenvalue weighted by Gasteiger charge is -2.30. The second-order valence-corrected chi connectivity index (χ2v) is 8.36. The van der Waals surface area contributed by atoms with E-state index in [1.54, 1.807) is 13.3 Å². The first-order chi connectivity index (χ1) is 15.9. The second kappa shape index (κ2) is 15.1. The van der Waals surface area contributed by atoms with Crippen molar-refractivity contribution in [3.05, 3.63) is 53.6 Å². The molecule has 0 aliphatic carbocycles. The Bertz CT molecular complexity index is 893. The van der Waals surface area contributed by atoms with E-state index in [0.29, 0.717) is 24.5 Å². The van der Waals surface area contributed by atoms with Crippen LogP contribution < -0.4 is 20.1 Å². The molecule has 0 fully saturated rings. The molecule has 2 N–H and O–H groups in total. The van der Waals surface area contributed by atoms with Gasteiger partial charge in [0.1, 0.15) is 17.2 Å². The Morgan fingerprint density at radius 2 is 1.50 bits per heavy atom. The molecule has 34 heavy (non-hydrogen) atoms. The number of hydrogen-bond acceptors (Lipinski definition) is 6. The fourth-order valence-corrected chi connectivity index (χ4v) is 3.64. The Labute approximate surface area is 209 Å². The maximum Gasteiger partial charge on any atom is 0.254 e. The van der Waals surface area contributed by atoms with Crippen LogP contribution in [-0.4, -0.2) is 49.4 Å². The Hall–Kier alpha value is -2.93. The predicted octanol–water partition coefficient (Wildman–Crippen LogP) is 5.30. The van der Waals surface area contributed by atoms with Crippen LogP contribution in [0.2, 0.25) is 0 Å². The number of unbranched alkanes of at least 4 members (excludes halogenated alkanes) is 2. The molecule has 0 heterocycles. The number of halogens is 1. The quantitative estimate of drug-likeness (QED) is 0.178. The zero-order valence-corrected chi connectivity index (χ0v) is 21.6. The number of nitrogens with two attached hydrogens (primary N) is 1. The molecule has 1 amide bonds. The molecule has 0 aliphatic heterocycles. The summed E-state index contributed by atoms with van der Waals surface area (Å²) in [5.41, 5.74) is 1.49. The van der Waals surface area contributed by atoms with Crippen molar-refractivity contribution in [1.82, 2.24) is 4.90 Å². The third-order valence-corrected chi connectivity index (χ3v) is 5.19. The number of benzene rings is 2. The lowest BCUT2D eigenvalue weighted by atomic mass is 10.1. The highest BCUT2D eigenvalue weighted by Gasteiger charge is 2.21. The summed E-state index contributed by atoms with van der Waals surface area (Å²) in [7, 11) is 1.60. The summed E-state index contributed by atoms with van der Waals surface area (Å²) in [5, 5.41) is 3.53. The van der Waals surface area contributed by atoms with Gasteiger partial charge in [-0.25, -0.2) is 0 Å². The van der Waals surface area contributed by atoms with Crippen LogP contribution in [0.15, 0.2) is 47.6 Å². The van der Waals surface area contributed by atoms with Gasteiger partial charge in [0.25, 0.3) is 5.91 Å². The molecule has 7 nitrogen and oxygen atoms in total. The van der Waals surface area contributed by atoms with Crippen LogP contribution in [0, 0.1) is 0 Å². The number of hydrazone groups is 1. The summed E-state index contributed by atoms with van der Waals surface area (Å²) in [5.74, 6) is 7.45. The molecule has 0 aromatic heterocycles. The molecule has 2 aromatic rings. The Morgan fingerprint density at radius 1 is 0.941 bits per heavy atom. The van der Waals surface area contributed by atoms with Crippen LogP contribution in [0.3, 0.4) is 0 Å². The van der Waals surface area contributed by atoms with Gasteiger partial charge >= 0.3 is 0 Å². The van der Waals surface area contributed by atoms with Gasteiger partial charge in [-0.3, -0.25) is 4.79 Å². The van der Waals surface area contributed by atoms with E-state index in [4.69, 9.17) is 20.1 Å². The van der Waals surface area contributed by atoms with E-state index in [0.717, 1.165) is 36.3 Å². The molecule has 0 unspecified atom stereocenters. The molecule has 8 heteroatoms. The number of amides is 1. The van der Waals surface area contributed by atoms with Crippen molar-refractivity contribution in [2.75, 3.05) is 20.3 Å². The molecule has 2 aromatic carbocycles. The summed E-state index contributed by atoms with van der Waals surface area (Å²) in [6.45, 7) is 9.37. The number of carbonyl (C=O) groups is 1. The SMILES string of the molecule is COc1cc(OCCCCCOc2ccc(C(=O)N(C(C)C)C(C)C)cc2)ccc1C=NN.Cl. The van der Waals surface area contributed by atoms with E-state index in [1.165, 1.54) is 0 Å². The van der Waals surface area contributed by atoms with Gasteiger partial charge in [0.05, 0.1) is 26.5 Å². The molecule has 2 rings (SSSR count). The first-order valence-electron chi connectivity index (χ1n) is 11.5. The van der Waals surface area contributed by atoms with Gasteiger partial charge in [0, 0.05) is 29.3 Å². The van der Waals surface area contributed by atoms with Gasteiger partial charge < -0.3 is 25.0 Å². The summed E-state index contributed by atoms with van der Waals surface area (Å²) >= 11 is 0. The lowest BCUT2D eigenvalue weighted by molar-refractivity contribution is 0.0643. The molecule has 0 radical (unpaired) electrons. The van der Waals surface area contributed by atoms with Crippen molar-refractivity contribution in [2.24, 2.45) is 10.9 Å². The predicted molar refractivity (Wildman–Crippen MR) is 140 cm³/mol. The zero-order valence-electron chi connectivity index (χ0n) is 20.8. The fourth-order valence-electron chi connectivity index (χ4n) is 3.64. The first kappa shape index (κ1) is 29.1. The van der Waals surface area contributed by atoms with Crippen molar-refractivity contribution in [3.63, 3.8) is 0 Å². The third kappa shape index (κ3) is 8.78. The van der Waals surface area contributed by atoms with E-state index < -0.39 is 0 Å². The molecular formula is C26H38ClN3O4. The van der Waals surface area contributed by atoms with E-state index in [2.05, 4.69) is 5.10 Å². The van der Waals surface area contributed by atoms with E-state index in [1.807, 2.05) is 75.1 Å². The maximum absolute atomic E-state index is 12.7. The van der Waals surface area contributed by atoms with Gasteiger partial charge in [-0.1, -0.05) is 0 Å². The molecule has 0 atom stereocenters. The van der Waals surface area contributed by atoms with Crippen LogP contribution in [0.4, 0.5) is 0 Å². The van der Waals surface area contributed by atoms with Crippen molar-refractivity contribution >= 4 is 24.5 Å². The van der Waals surface area contributed by atoms with E-state index in [9.17, 15) is 4.79 Å². The summed E-state index contributed by atoms with van der Waals surface area (Å²) in [6, 6.07) is 13.3. The minimum absolute atomic E-state index is 0. The van der Waals surface area contributed by atoms with Crippen LogP contribution in [0.25, 0.3) is 0 Å². The van der Waals surface area contributed by atoms with Gasteiger partial charge in [-0.05, 0) is 83.4 Å². The number of hydrogen-bond donors (Lipinski definition) is 1. The van der Waals surface area contributed by atoms with E-state index in [-0.39, 0.29) is 30.4 Å². The van der Waals surface area contributed by atoms with Gasteiger partial charge in [0.15, 0.2) is 0 Å². The molecule has 0 saturated carbocycles. The van der Waals surface area contributed by atoms with Gasteiger partial charge in [-0.15, -0.1) is 12.4 Å². The van der Waals surface area contributed by atoms with Crippen molar-refractivity contribution < 1.29 is 19.0 Å². The topological polar surface area (TPSA) is 86.4 Å². The molecule has 0 aliphatic rings. The summed E-state index contributed by atoms with van der Waals surface area (Å²) < 4.78 is 17.0. The third-order valence-electron chi connectivity index (χ3n) is 5.19. The fraction of sp³-hybridized carbons (Fsp3) is 0.462. The van der Waals surface area contributed by atoms with Crippen LogP contribution in [0.1, 0.15) is 62.9 Å². The smallest absolute Gasteiger partial charge is 0.254 e. The lowest BCUT2D eigenvalue weighted by Crippen LogP contribution is -2.42.